The highest BCUT2D eigenvalue weighted by atomic mass is 16.5. The van der Waals surface area contributed by atoms with Crippen molar-refractivity contribution in [2.75, 3.05) is 13.2 Å². The van der Waals surface area contributed by atoms with Gasteiger partial charge in [0, 0.05) is 6.42 Å². The molecular weight excluding hydrogens is 276 g/mol. The first-order valence-electron chi connectivity index (χ1n) is 8.28. The first-order chi connectivity index (χ1) is 10.4. The van der Waals surface area contributed by atoms with Gasteiger partial charge in [-0.1, -0.05) is 32.9 Å². The lowest BCUT2D eigenvalue weighted by molar-refractivity contribution is -0.143. The molecule has 124 valence electrons. The number of aryl methyl sites for hydroxylation is 1. The lowest BCUT2D eigenvalue weighted by Gasteiger charge is -2.18. The van der Waals surface area contributed by atoms with E-state index in [1.807, 2.05) is 19.1 Å². The minimum absolute atomic E-state index is 0.0925. The number of benzene rings is 1. The van der Waals surface area contributed by atoms with Gasteiger partial charge in [-0.3, -0.25) is 4.79 Å². The molecule has 1 rings (SSSR count). The first-order valence-corrected chi connectivity index (χ1v) is 8.28. The molecule has 0 N–H and O–H groups in total. The van der Waals surface area contributed by atoms with Gasteiger partial charge in [0.05, 0.1) is 13.2 Å². The van der Waals surface area contributed by atoms with Crippen LogP contribution in [-0.4, -0.2) is 19.2 Å². The Morgan fingerprint density at radius 3 is 2.36 bits per heavy atom. The summed E-state index contributed by atoms with van der Waals surface area (Å²) in [6.45, 7) is 9.71. The normalized spacial score (nSPS) is 11.3. The number of ether oxygens (including phenoxy) is 2. The third-order valence-corrected chi connectivity index (χ3v) is 3.45. The van der Waals surface area contributed by atoms with E-state index in [0.717, 1.165) is 38.0 Å². The van der Waals surface area contributed by atoms with Gasteiger partial charge in [0.2, 0.25) is 0 Å². The van der Waals surface area contributed by atoms with E-state index in [9.17, 15) is 4.79 Å². The average molecular weight is 306 g/mol. The Balaban J connectivity index is 2.23. The van der Waals surface area contributed by atoms with Crippen LogP contribution in [0.3, 0.4) is 0 Å². The van der Waals surface area contributed by atoms with Gasteiger partial charge in [-0.25, -0.2) is 0 Å². The quantitative estimate of drug-likeness (QED) is 0.486. The van der Waals surface area contributed by atoms with E-state index in [1.54, 1.807) is 0 Å². The number of unbranched alkanes of at least 4 members (excludes halogenated alkanes) is 1. The van der Waals surface area contributed by atoms with Crippen molar-refractivity contribution in [2.45, 2.75) is 59.8 Å². The van der Waals surface area contributed by atoms with Gasteiger partial charge in [-0.05, 0) is 55.7 Å². The lowest BCUT2D eigenvalue weighted by Crippen LogP contribution is -2.11. The van der Waals surface area contributed by atoms with Crippen molar-refractivity contribution in [2.24, 2.45) is 5.41 Å². The lowest BCUT2D eigenvalue weighted by atomic mass is 9.93. The molecule has 0 saturated heterocycles. The summed E-state index contributed by atoms with van der Waals surface area (Å²) in [5, 5.41) is 0. The molecule has 3 nitrogen and oxygen atoms in total. The fourth-order valence-corrected chi connectivity index (χ4v) is 2.06. The second-order valence-corrected chi connectivity index (χ2v) is 6.82. The van der Waals surface area contributed by atoms with Gasteiger partial charge < -0.3 is 9.47 Å². The minimum Gasteiger partial charge on any atom is -0.494 e. The SMILES string of the molecule is CCOC(=O)CCCCc1ccc(OCCC(C)(C)C)cc1. The number of hydrogen-bond acceptors (Lipinski definition) is 3. The van der Waals surface area contributed by atoms with Crippen molar-refractivity contribution in [3.8, 4) is 5.75 Å². The highest BCUT2D eigenvalue weighted by Crippen LogP contribution is 2.20. The van der Waals surface area contributed by atoms with E-state index in [4.69, 9.17) is 9.47 Å². The molecule has 0 fully saturated rings. The zero-order valence-electron chi connectivity index (χ0n) is 14.5. The summed E-state index contributed by atoms with van der Waals surface area (Å²) in [5.41, 5.74) is 1.59. The molecule has 0 heterocycles. The van der Waals surface area contributed by atoms with Crippen LogP contribution < -0.4 is 4.74 Å². The molecular formula is C19H30O3. The van der Waals surface area contributed by atoms with Crippen molar-refractivity contribution in [3.63, 3.8) is 0 Å². The molecule has 0 unspecified atom stereocenters. The van der Waals surface area contributed by atoms with E-state index in [1.165, 1.54) is 5.56 Å². The van der Waals surface area contributed by atoms with Gasteiger partial charge in [0.15, 0.2) is 0 Å². The molecule has 3 heteroatoms. The molecule has 0 aromatic heterocycles. The van der Waals surface area contributed by atoms with Gasteiger partial charge in [0.25, 0.3) is 0 Å². The zero-order valence-corrected chi connectivity index (χ0v) is 14.5. The van der Waals surface area contributed by atoms with Crippen molar-refractivity contribution in [1.29, 1.82) is 0 Å². The summed E-state index contributed by atoms with van der Waals surface area (Å²) in [5.74, 6) is 0.838. The maximum atomic E-state index is 11.2. The first kappa shape index (κ1) is 18.5. The Morgan fingerprint density at radius 1 is 1.09 bits per heavy atom. The molecule has 22 heavy (non-hydrogen) atoms. The van der Waals surface area contributed by atoms with Crippen molar-refractivity contribution >= 4 is 5.97 Å². The van der Waals surface area contributed by atoms with Crippen LogP contribution >= 0.6 is 0 Å². The Labute approximate surface area is 135 Å². The van der Waals surface area contributed by atoms with Crippen LogP contribution in [0.25, 0.3) is 0 Å². The van der Waals surface area contributed by atoms with E-state index in [2.05, 4.69) is 32.9 Å². The maximum Gasteiger partial charge on any atom is 0.305 e. The second kappa shape index (κ2) is 9.50. The van der Waals surface area contributed by atoms with Gasteiger partial charge in [0.1, 0.15) is 5.75 Å². The fourth-order valence-electron chi connectivity index (χ4n) is 2.06. The van der Waals surface area contributed by atoms with Gasteiger partial charge in [-0.15, -0.1) is 0 Å². The molecule has 0 atom stereocenters. The number of carbonyl (C=O) groups is 1. The van der Waals surface area contributed by atoms with Crippen LogP contribution in [0.4, 0.5) is 0 Å². The van der Waals surface area contributed by atoms with E-state index >= 15 is 0 Å². The topological polar surface area (TPSA) is 35.5 Å². The second-order valence-electron chi connectivity index (χ2n) is 6.82. The molecule has 0 aliphatic heterocycles. The number of esters is 1. The van der Waals surface area contributed by atoms with Gasteiger partial charge >= 0.3 is 5.97 Å². The van der Waals surface area contributed by atoms with Crippen LogP contribution in [0.1, 0.15) is 58.9 Å². The molecule has 0 saturated carbocycles. The predicted octanol–water partition coefficient (Wildman–Crippen LogP) is 4.78. The average Bonchev–Trinajstić information content (AvgIpc) is 2.44. The Kier molecular flexibility index (Phi) is 8.00. The summed E-state index contributed by atoms with van der Waals surface area (Å²) < 4.78 is 10.7. The number of hydrogen-bond donors (Lipinski definition) is 0. The maximum absolute atomic E-state index is 11.2. The number of carbonyl (C=O) groups excluding carboxylic acids is 1. The van der Waals surface area contributed by atoms with Crippen LogP contribution in [0.15, 0.2) is 24.3 Å². The molecule has 0 aliphatic rings. The minimum atomic E-state index is -0.0925. The summed E-state index contributed by atoms with van der Waals surface area (Å²) in [6.07, 6.45) is 4.43. The highest BCUT2D eigenvalue weighted by Gasteiger charge is 2.09. The molecule has 0 bridgehead atoms. The summed E-state index contributed by atoms with van der Waals surface area (Å²) in [6, 6.07) is 8.28. The monoisotopic (exact) mass is 306 g/mol. The summed E-state index contributed by atoms with van der Waals surface area (Å²) >= 11 is 0. The largest absolute Gasteiger partial charge is 0.494 e. The van der Waals surface area contributed by atoms with Crippen LogP contribution in [0.2, 0.25) is 0 Å². The van der Waals surface area contributed by atoms with E-state index in [0.29, 0.717) is 18.4 Å². The summed E-state index contributed by atoms with van der Waals surface area (Å²) in [4.78, 5) is 11.2. The van der Waals surface area contributed by atoms with Crippen molar-refractivity contribution in [1.82, 2.24) is 0 Å². The molecule has 0 aliphatic carbocycles. The number of rotatable bonds is 9. The third-order valence-electron chi connectivity index (χ3n) is 3.45. The summed E-state index contributed by atoms with van der Waals surface area (Å²) in [7, 11) is 0. The highest BCUT2D eigenvalue weighted by molar-refractivity contribution is 5.69. The Morgan fingerprint density at radius 2 is 1.77 bits per heavy atom. The van der Waals surface area contributed by atoms with Crippen LogP contribution in [0, 0.1) is 5.41 Å². The molecule has 1 aromatic carbocycles. The Bertz CT molecular complexity index is 429. The fraction of sp³-hybridized carbons (Fsp3) is 0.632. The third kappa shape index (κ3) is 8.71. The van der Waals surface area contributed by atoms with Crippen molar-refractivity contribution in [3.05, 3.63) is 29.8 Å². The van der Waals surface area contributed by atoms with Crippen molar-refractivity contribution < 1.29 is 14.3 Å². The van der Waals surface area contributed by atoms with E-state index in [-0.39, 0.29) is 5.97 Å². The predicted molar refractivity (Wildman–Crippen MR) is 90.2 cm³/mol. The molecule has 1 aromatic rings. The standard InChI is InChI=1S/C19H30O3/c1-5-21-18(20)9-7-6-8-16-10-12-17(13-11-16)22-15-14-19(2,3)4/h10-13H,5-9,14-15H2,1-4H3. The Hall–Kier alpha value is -1.51. The molecule has 0 radical (unpaired) electrons. The van der Waals surface area contributed by atoms with Crippen LogP contribution in [0.5, 0.6) is 5.75 Å². The van der Waals surface area contributed by atoms with Gasteiger partial charge in [-0.2, -0.15) is 0 Å². The zero-order chi connectivity index (χ0) is 16.4. The van der Waals surface area contributed by atoms with Crippen LogP contribution in [-0.2, 0) is 16.0 Å². The molecule has 0 spiro atoms. The van der Waals surface area contributed by atoms with E-state index < -0.39 is 0 Å². The molecule has 0 amide bonds. The smallest absolute Gasteiger partial charge is 0.305 e.